The molecule has 0 spiro atoms. The van der Waals surface area contributed by atoms with E-state index in [-0.39, 0.29) is 12.1 Å². The van der Waals surface area contributed by atoms with Gasteiger partial charge in [-0.25, -0.2) is 4.68 Å². The van der Waals surface area contributed by atoms with Crippen molar-refractivity contribution in [3.63, 3.8) is 0 Å². The summed E-state index contributed by atoms with van der Waals surface area (Å²) in [5.74, 6) is 1.00. The summed E-state index contributed by atoms with van der Waals surface area (Å²) in [6.07, 6.45) is -2.31. The number of aryl methyl sites for hydroxylation is 1. The van der Waals surface area contributed by atoms with Crippen LogP contribution in [-0.2, 0) is 13.2 Å². The minimum absolute atomic E-state index is 0.135. The van der Waals surface area contributed by atoms with E-state index in [0.29, 0.717) is 17.3 Å². The third-order valence-electron chi connectivity index (χ3n) is 4.14. The van der Waals surface area contributed by atoms with Crippen LogP contribution in [0.3, 0.4) is 0 Å². The van der Waals surface area contributed by atoms with E-state index in [1.807, 2.05) is 6.92 Å². The Morgan fingerprint density at radius 2 is 2.04 bits per heavy atom. The monoisotopic (exact) mass is 325 g/mol. The fourth-order valence-electron chi connectivity index (χ4n) is 2.79. The molecule has 0 amide bonds. The number of nitrogens with one attached hydrogen (secondary N) is 1. The van der Waals surface area contributed by atoms with E-state index in [1.165, 1.54) is 12.1 Å². The molecular formula is C15H18F3N5. The van der Waals surface area contributed by atoms with E-state index in [0.717, 1.165) is 18.9 Å². The lowest BCUT2D eigenvalue weighted by Crippen LogP contribution is -2.28. The smallest absolute Gasteiger partial charge is 0.300 e. The van der Waals surface area contributed by atoms with E-state index in [2.05, 4.69) is 20.8 Å². The van der Waals surface area contributed by atoms with Crippen molar-refractivity contribution in [2.24, 2.45) is 13.0 Å². The Morgan fingerprint density at radius 1 is 1.30 bits per heavy atom. The topological polar surface area (TPSA) is 55.6 Å². The highest BCUT2D eigenvalue weighted by Crippen LogP contribution is 2.43. The molecule has 124 valence electrons. The highest BCUT2D eigenvalue weighted by atomic mass is 19.4. The van der Waals surface area contributed by atoms with Crippen molar-refractivity contribution in [2.75, 3.05) is 0 Å². The fraction of sp³-hybridized carbons (Fsp3) is 0.533. The van der Waals surface area contributed by atoms with Gasteiger partial charge in [0.2, 0.25) is 0 Å². The van der Waals surface area contributed by atoms with Gasteiger partial charge in [0.15, 0.2) is 5.82 Å². The zero-order valence-corrected chi connectivity index (χ0v) is 12.9. The minimum atomic E-state index is -4.33. The molecule has 0 unspecified atom stereocenters. The largest absolute Gasteiger partial charge is 0.416 e. The zero-order valence-electron chi connectivity index (χ0n) is 12.9. The van der Waals surface area contributed by atoms with Gasteiger partial charge in [0.05, 0.1) is 11.6 Å². The molecule has 5 nitrogen and oxygen atoms in total. The molecule has 0 aliphatic heterocycles. The molecule has 1 aliphatic carbocycles. The average Bonchev–Trinajstić information content (AvgIpc) is 3.25. The van der Waals surface area contributed by atoms with Gasteiger partial charge in [-0.1, -0.05) is 12.1 Å². The van der Waals surface area contributed by atoms with Crippen molar-refractivity contribution in [1.29, 1.82) is 0 Å². The highest BCUT2D eigenvalue weighted by molar-refractivity contribution is 5.29. The van der Waals surface area contributed by atoms with Crippen LogP contribution in [0.25, 0.3) is 0 Å². The van der Waals surface area contributed by atoms with Crippen LogP contribution in [0.4, 0.5) is 13.2 Å². The molecule has 1 N–H and O–H groups in total. The number of benzene rings is 1. The SMILES string of the molecule is C[C@H](N[C@@H](c1cccc(C(F)(F)F)c1)C1CC1)c1nnnn1C. The van der Waals surface area contributed by atoms with Crippen LogP contribution in [0.2, 0.25) is 0 Å². The molecule has 0 bridgehead atoms. The maximum absolute atomic E-state index is 12.9. The van der Waals surface area contributed by atoms with Crippen LogP contribution in [-0.4, -0.2) is 20.2 Å². The summed E-state index contributed by atoms with van der Waals surface area (Å²) < 4.78 is 40.4. The van der Waals surface area contributed by atoms with Gasteiger partial charge in [-0.05, 0) is 53.8 Å². The van der Waals surface area contributed by atoms with Crippen molar-refractivity contribution in [3.8, 4) is 0 Å². The summed E-state index contributed by atoms with van der Waals surface area (Å²) in [6.45, 7) is 1.91. The van der Waals surface area contributed by atoms with Gasteiger partial charge in [0.25, 0.3) is 0 Å². The number of tetrazole rings is 1. The highest BCUT2D eigenvalue weighted by Gasteiger charge is 2.36. The number of halogens is 3. The Bertz CT molecular complexity index is 678. The summed E-state index contributed by atoms with van der Waals surface area (Å²) in [5.41, 5.74) is 0.0414. The molecule has 8 heteroatoms. The molecule has 2 atom stereocenters. The normalized spacial score (nSPS) is 18.0. The zero-order chi connectivity index (χ0) is 16.6. The molecule has 3 rings (SSSR count). The van der Waals surface area contributed by atoms with E-state index in [1.54, 1.807) is 17.8 Å². The standard InChI is InChI=1S/C15H18F3N5/c1-9(14-20-21-22-23(14)2)19-13(10-6-7-10)11-4-3-5-12(8-11)15(16,17)18/h3-5,8-10,13,19H,6-7H2,1-2H3/t9-,13+/m0/s1. The third kappa shape index (κ3) is 3.52. The van der Waals surface area contributed by atoms with Crippen molar-refractivity contribution in [1.82, 2.24) is 25.5 Å². The first-order chi connectivity index (χ1) is 10.9. The van der Waals surface area contributed by atoms with Gasteiger partial charge < -0.3 is 5.32 Å². The first-order valence-corrected chi connectivity index (χ1v) is 7.51. The van der Waals surface area contributed by atoms with E-state index in [4.69, 9.17) is 0 Å². The number of alkyl halides is 3. The van der Waals surface area contributed by atoms with Crippen molar-refractivity contribution >= 4 is 0 Å². The van der Waals surface area contributed by atoms with Crippen LogP contribution in [0, 0.1) is 5.92 Å². The fourth-order valence-corrected chi connectivity index (χ4v) is 2.79. The van der Waals surface area contributed by atoms with Crippen molar-refractivity contribution in [2.45, 2.75) is 38.0 Å². The summed E-state index contributed by atoms with van der Waals surface area (Å²) in [4.78, 5) is 0. The molecule has 1 aliphatic rings. The first kappa shape index (κ1) is 15.9. The molecule has 0 saturated heterocycles. The predicted octanol–water partition coefficient (Wildman–Crippen LogP) is 3.03. The maximum Gasteiger partial charge on any atom is 0.416 e. The van der Waals surface area contributed by atoms with Gasteiger partial charge in [0, 0.05) is 13.1 Å². The van der Waals surface area contributed by atoms with Crippen LogP contribution in [0.5, 0.6) is 0 Å². The minimum Gasteiger partial charge on any atom is -0.300 e. The van der Waals surface area contributed by atoms with Gasteiger partial charge in [-0.15, -0.1) is 5.10 Å². The Morgan fingerprint density at radius 3 is 2.61 bits per heavy atom. The molecule has 1 heterocycles. The second kappa shape index (κ2) is 5.92. The summed E-state index contributed by atoms with van der Waals surface area (Å²) >= 11 is 0. The molecule has 23 heavy (non-hydrogen) atoms. The lowest BCUT2D eigenvalue weighted by molar-refractivity contribution is -0.137. The third-order valence-corrected chi connectivity index (χ3v) is 4.14. The van der Waals surface area contributed by atoms with E-state index >= 15 is 0 Å². The number of rotatable bonds is 5. The van der Waals surface area contributed by atoms with Gasteiger partial charge in [0.1, 0.15) is 0 Å². The number of aromatic nitrogens is 4. The van der Waals surface area contributed by atoms with Gasteiger partial charge in [-0.3, -0.25) is 0 Å². The molecule has 1 fully saturated rings. The quantitative estimate of drug-likeness (QED) is 0.918. The van der Waals surface area contributed by atoms with Crippen LogP contribution in [0.15, 0.2) is 24.3 Å². The number of hydrogen-bond donors (Lipinski definition) is 1. The van der Waals surface area contributed by atoms with Crippen molar-refractivity contribution < 1.29 is 13.2 Å². The molecule has 0 radical (unpaired) electrons. The molecule has 1 saturated carbocycles. The Labute approximate surface area is 131 Å². The van der Waals surface area contributed by atoms with Crippen LogP contribution >= 0.6 is 0 Å². The van der Waals surface area contributed by atoms with Crippen LogP contribution < -0.4 is 5.32 Å². The lowest BCUT2D eigenvalue weighted by atomic mass is 9.99. The maximum atomic E-state index is 12.9. The van der Waals surface area contributed by atoms with E-state index in [9.17, 15) is 13.2 Å². The average molecular weight is 325 g/mol. The number of nitrogens with zero attached hydrogens (tertiary/aromatic N) is 4. The van der Waals surface area contributed by atoms with Crippen LogP contribution in [0.1, 0.15) is 48.8 Å². The van der Waals surface area contributed by atoms with Gasteiger partial charge >= 0.3 is 6.18 Å². The Hall–Kier alpha value is -1.96. The summed E-state index contributed by atoms with van der Waals surface area (Å²) in [6, 6.07) is 5.25. The summed E-state index contributed by atoms with van der Waals surface area (Å²) in [7, 11) is 1.74. The molecule has 1 aromatic carbocycles. The second-order valence-electron chi connectivity index (χ2n) is 5.99. The lowest BCUT2D eigenvalue weighted by Gasteiger charge is -2.23. The molecular weight excluding hydrogens is 307 g/mol. The summed E-state index contributed by atoms with van der Waals surface area (Å²) in [5, 5.41) is 14.7. The molecule has 2 aromatic rings. The number of hydrogen-bond acceptors (Lipinski definition) is 4. The second-order valence-corrected chi connectivity index (χ2v) is 5.99. The Kier molecular flexibility index (Phi) is 4.09. The predicted molar refractivity (Wildman–Crippen MR) is 77.3 cm³/mol. The van der Waals surface area contributed by atoms with Crippen molar-refractivity contribution in [3.05, 3.63) is 41.2 Å². The molecule has 1 aromatic heterocycles. The first-order valence-electron chi connectivity index (χ1n) is 7.51. The van der Waals surface area contributed by atoms with Gasteiger partial charge in [-0.2, -0.15) is 13.2 Å². The Balaban J connectivity index is 1.84. The van der Waals surface area contributed by atoms with E-state index < -0.39 is 11.7 Å².